The van der Waals surface area contributed by atoms with Crippen molar-refractivity contribution in [1.29, 1.82) is 0 Å². The second kappa shape index (κ2) is 4.69. The number of aromatic nitrogens is 2. The standard InChI is InChI=1S/C12H12N2O3/c1-16-8-3-4-9(11(5-8)17-2)12-10(6-15)13-7-14-12/h3-7H,1-2H3,(H,13,14). The summed E-state index contributed by atoms with van der Waals surface area (Å²) in [6.45, 7) is 0. The Morgan fingerprint density at radius 1 is 1.29 bits per heavy atom. The smallest absolute Gasteiger partial charge is 0.168 e. The maximum atomic E-state index is 10.8. The van der Waals surface area contributed by atoms with Crippen molar-refractivity contribution in [3.63, 3.8) is 0 Å². The first-order chi connectivity index (χ1) is 8.30. The van der Waals surface area contributed by atoms with Crippen LogP contribution in [0.15, 0.2) is 24.5 Å². The van der Waals surface area contributed by atoms with Crippen molar-refractivity contribution in [2.24, 2.45) is 0 Å². The lowest BCUT2D eigenvalue weighted by atomic mass is 10.1. The number of methoxy groups -OCH3 is 2. The van der Waals surface area contributed by atoms with Crippen molar-refractivity contribution in [1.82, 2.24) is 9.97 Å². The second-order valence-corrected chi connectivity index (χ2v) is 3.35. The number of aldehydes is 1. The van der Waals surface area contributed by atoms with Gasteiger partial charge in [0.1, 0.15) is 22.9 Å². The summed E-state index contributed by atoms with van der Waals surface area (Å²) in [7, 11) is 3.14. The lowest BCUT2D eigenvalue weighted by Crippen LogP contribution is -1.92. The number of ether oxygens (including phenoxy) is 2. The molecule has 1 aromatic carbocycles. The van der Waals surface area contributed by atoms with Crippen molar-refractivity contribution in [2.45, 2.75) is 0 Å². The summed E-state index contributed by atoms with van der Waals surface area (Å²) in [6, 6.07) is 5.35. The lowest BCUT2D eigenvalue weighted by molar-refractivity contribution is 0.112. The van der Waals surface area contributed by atoms with E-state index in [-0.39, 0.29) is 0 Å². The van der Waals surface area contributed by atoms with Gasteiger partial charge < -0.3 is 14.5 Å². The highest BCUT2D eigenvalue weighted by molar-refractivity contribution is 5.85. The van der Waals surface area contributed by atoms with Crippen molar-refractivity contribution in [3.8, 4) is 22.8 Å². The van der Waals surface area contributed by atoms with Crippen LogP contribution in [0.25, 0.3) is 11.3 Å². The van der Waals surface area contributed by atoms with Gasteiger partial charge in [-0.3, -0.25) is 4.79 Å². The molecule has 0 saturated carbocycles. The zero-order valence-electron chi connectivity index (χ0n) is 9.56. The molecule has 0 unspecified atom stereocenters. The molecule has 0 aliphatic carbocycles. The molecular weight excluding hydrogens is 220 g/mol. The van der Waals surface area contributed by atoms with E-state index in [9.17, 15) is 4.79 Å². The van der Waals surface area contributed by atoms with E-state index in [1.165, 1.54) is 6.33 Å². The predicted octanol–water partition coefficient (Wildman–Crippen LogP) is 1.91. The summed E-state index contributed by atoms with van der Waals surface area (Å²) in [5, 5.41) is 0. The molecule has 1 N–H and O–H groups in total. The molecule has 1 aromatic heterocycles. The third-order valence-electron chi connectivity index (χ3n) is 2.45. The Morgan fingerprint density at radius 2 is 2.12 bits per heavy atom. The van der Waals surface area contributed by atoms with Crippen molar-refractivity contribution in [3.05, 3.63) is 30.2 Å². The second-order valence-electron chi connectivity index (χ2n) is 3.35. The van der Waals surface area contributed by atoms with E-state index >= 15 is 0 Å². The number of hydrogen-bond acceptors (Lipinski definition) is 4. The first kappa shape index (κ1) is 11.2. The molecule has 0 bridgehead atoms. The van der Waals surface area contributed by atoms with Gasteiger partial charge in [0.15, 0.2) is 6.29 Å². The molecule has 0 atom stereocenters. The largest absolute Gasteiger partial charge is 0.497 e. The van der Waals surface area contributed by atoms with Crippen LogP contribution in [-0.2, 0) is 0 Å². The quantitative estimate of drug-likeness (QED) is 0.818. The molecule has 17 heavy (non-hydrogen) atoms. The topological polar surface area (TPSA) is 64.2 Å². The summed E-state index contributed by atoms with van der Waals surface area (Å²) in [5.74, 6) is 1.30. The molecular formula is C12H12N2O3. The summed E-state index contributed by atoms with van der Waals surface area (Å²) in [4.78, 5) is 17.7. The first-order valence-corrected chi connectivity index (χ1v) is 5.01. The molecule has 5 heteroatoms. The molecule has 2 rings (SSSR count). The maximum absolute atomic E-state index is 10.8. The van der Waals surface area contributed by atoms with Crippen LogP contribution < -0.4 is 9.47 Å². The molecule has 2 aromatic rings. The SMILES string of the molecule is COc1ccc(-c2nc[nH]c2C=O)c(OC)c1. The number of imidazole rings is 1. The number of carbonyl (C=O) groups is 1. The van der Waals surface area contributed by atoms with E-state index in [0.29, 0.717) is 22.9 Å². The van der Waals surface area contributed by atoms with E-state index in [2.05, 4.69) is 9.97 Å². The van der Waals surface area contributed by atoms with Crippen molar-refractivity contribution in [2.75, 3.05) is 14.2 Å². The predicted molar refractivity (Wildman–Crippen MR) is 62.5 cm³/mol. The van der Waals surface area contributed by atoms with Crippen LogP contribution in [-0.4, -0.2) is 30.5 Å². The van der Waals surface area contributed by atoms with E-state index in [0.717, 1.165) is 11.8 Å². The van der Waals surface area contributed by atoms with Crippen LogP contribution in [0.5, 0.6) is 11.5 Å². The molecule has 88 valence electrons. The average molecular weight is 232 g/mol. The van der Waals surface area contributed by atoms with E-state index in [4.69, 9.17) is 9.47 Å². The monoisotopic (exact) mass is 232 g/mol. The minimum atomic E-state index is 0.425. The third-order valence-corrected chi connectivity index (χ3v) is 2.45. The normalized spacial score (nSPS) is 10.0. The van der Waals surface area contributed by atoms with Gasteiger partial charge in [-0.1, -0.05) is 0 Å². The van der Waals surface area contributed by atoms with Gasteiger partial charge in [0.05, 0.1) is 20.5 Å². The summed E-state index contributed by atoms with van der Waals surface area (Å²) in [5.41, 5.74) is 1.74. The number of hydrogen-bond donors (Lipinski definition) is 1. The Morgan fingerprint density at radius 3 is 2.76 bits per heavy atom. The highest BCUT2D eigenvalue weighted by Crippen LogP contribution is 2.33. The van der Waals surface area contributed by atoms with E-state index < -0.39 is 0 Å². The van der Waals surface area contributed by atoms with Crippen LogP contribution in [0.2, 0.25) is 0 Å². The maximum Gasteiger partial charge on any atom is 0.168 e. The Balaban J connectivity index is 2.55. The molecule has 0 aliphatic rings. The zero-order valence-corrected chi connectivity index (χ0v) is 9.56. The Hall–Kier alpha value is -2.30. The molecule has 5 nitrogen and oxygen atoms in total. The van der Waals surface area contributed by atoms with Gasteiger partial charge in [-0.05, 0) is 12.1 Å². The van der Waals surface area contributed by atoms with Crippen molar-refractivity contribution >= 4 is 6.29 Å². The number of rotatable bonds is 4. The minimum absolute atomic E-state index is 0.425. The molecule has 0 spiro atoms. The van der Waals surface area contributed by atoms with Crippen LogP contribution in [0.3, 0.4) is 0 Å². The summed E-state index contributed by atoms with van der Waals surface area (Å²) >= 11 is 0. The number of aromatic amines is 1. The third kappa shape index (κ3) is 1.99. The number of nitrogens with one attached hydrogen (secondary N) is 1. The first-order valence-electron chi connectivity index (χ1n) is 5.01. The molecule has 0 saturated heterocycles. The van der Waals surface area contributed by atoms with Gasteiger partial charge >= 0.3 is 0 Å². The van der Waals surface area contributed by atoms with Crippen molar-refractivity contribution < 1.29 is 14.3 Å². The Bertz CT molecular complexity index is 534. The van der Waals surface area contributed by atoms with Crippen LogP contribution in [0, 0.1) is 0 Å². The molecule has 1 heterocycles. The summed E-state index contributed by atoms with van der Waals surface area (Å²) < 4.78 is 10.4. The van der Waals surface area contributed by atoms with Crippen LogP contribution in [0.4, 0.5) is 0 Å². The van der Waals surface area contributed by atoms with Gasteiger partial charge in [-0.2, -0.15) is 0 Å². The fraction of sp³-hybridized carbons (Fsp3) is 0.167. The minimum Gasteiger partial charge on any atom is -0.497 e. The van der Waals surface area contributed by atoms with Crippen LogP contribution >= 0.6 is 0 Å². The van der Waals surface area contributed by atoms with E-state index in [1.54, 1.807) is 32.4 Å². The highest BCUT2D eigenvalue weighted by Gasteiger charge is 2.13. The summed E-state index contributed by atoms with van der Waals surface area (Å²) in [6.07, 6.45) is 2.20. The number of nitrogens with zero attached hydrogens (tertiary/aromatic N) is 1. The van der Waals surface area contributed by atoms with Gasteiger partial charge in [-0.25, -0.2) is 4.98 Å². The van der Waals surface area contributed by atoms with Gasteiger partial charge in [0.25, 0.3) is 0 Å². The fourth-order valence-electron chi connectivity index (χ4n) is 1.60. The van der Waals surface area contributed by atoms with E-state index in [1.807, 2.05) is 0 Å². The Labute approximate surface area is 98.4 Å². The molecule has 0 fully saturated rings. The van der Waals surface area contributed by atoms with Gasteiger partial charge in [0, 0.05) is 11.6 Å². The molecule has 0 radical (unpaired) electrons. The number of carbonyl (C=O) groups excluding carboxylic acids is 1. The van der Waals surface area contributed by atoms with Gasteiger partial charge in [0.2, 0.25) is 0 Å². The Kier molecular flexibility index (Phi) is 3.09. The zero-order chi connectivity index (χ0) is 12.3. The van der Waals surface area contributed by atoms with Crippen LogP contribution in [0.1, 0.15) is 10.5 Å². The number of benzene rings is 1. The van der Waals surface area contributed by atoms with Gasteiger partial charge in [-0.15, -0.1) is 0 Å². The molecule has 0 aliphatic heterocycles. The lowest BCUT2D eigenvalue weighted by Gasteiger charge is -2.08. The molecule has 0 amide bonds. The average Bonchev–Trinajstić information content (AvgIpc) is 2.85. The fourth-order valence-corrected chi connectivity index (χ4v) is 1.60. The highest BCUT2D eigenvalue weighted by atomic mass is 16.5. The number of H-pyrrole nitrogens is 1.